The lowest BCUT2D eigenvalue weighted by atomic mass is 10.0. The Labute approximate surface area is 282 Å². The summed E-state index contributed by atoms with van der Waals surface area (Å²) in [5.41, 5.74) is 10.8. The molecule has 2 aliphatic rings. The number of fused-ring (bicyclic) bond motifs is 2. The summed E-state index contributed by atoms with van der Waals surface area (Å²) in [4.78, 5) is 29.9. The maximum absolute atomic E-state index is 13.1. The standard InChI is InChI=1S/C23H19FN4O.C16H16N4/c1-15-25-12-8-21(26-15)28-13-9-17-14-18(4-7-20(17)28)23(10-11-23)27-22(29)16-2-5-19(24)6-3-16;1-11-18-8-4-15(19-11)20-9-5-12-10-13(2-3-14(12)20)16(17)6-7-16/h2-9,12-14H,10-11H2,1H3,(H,27,29);2-5,8-10H,6-7,17H2,1H3. The molecule has 10 heteroatoms. The molecule has 2 fully saturated rings. The van der Waals surface area contributed by atoms with Crippen LogP contribution in [0.25, 0.3) is 33.4 Å². The molecule has 0 saturated heterocycles. The number of nitrogens with one attached hydrogen (secondary N) is 1. The number of rotatable bonds is 6. The van der Waals surface area contributed by atoms with Gasteiger partial charge in [0, 0.05) is 46.7 Å². The van der Waals surface area contributed by atoms with Gasteiger partial charge in [-0.3, -0.25) is 4.79 Å². The third-order valence-electron chi connectivity index (χ3n) is 9.52. The summed E-state index contributed by atoms with van der Waals surface area (Å²) < 4.78 is 17.2. The second-order valence-corrected chi connectivity index (χ2v) is 13.0. The molecule has 0 spiro atoms. The second-order valence-electron chi connectivity index (χ2n) is 13.0. The molecular formula is C39H35FN8O. The summed E-state index contributed by atoms with van der Waals surface area (Å²) in [6, 6.07) is 26.3. The van der Waals surface area contributed by atoms with E-state index < -0.39 is 0 Å². The monoisotopic (exact) mass is 650 g/mol. The molecular weight excluding hydrogens is 615 g/mol. The summed E-state index contributed by atoms with van der Waals surface area (Å²) in [7, 11) is 0. The van der Waals surface area contributed by atoms with Gasteiger partial charge in [-0.05, 0) is 123 Å². The molecule has 2 aliphatic carbocycles. The highest BCUT2D eigenvalue weighted by Crippen LogP contribution is 2.46. The van der Waals surface area contributed by atoms with E-state index in [1.165, 1.54) is 35.2 Å². The largest absolute Gasteiger partial charge is 0.343 e. The number of carbonyl (C=O) groups is 1. The van der Waals surface area contributed by atoms with Gasteiger partial charge in [0.25, 0.3) is 5.91 Å². The number of nitrogens with two attached hydrogens (primary N) is 1. The molecule has 4 aromatic heterocycles. The van der Waals surface area contributed by atoms with Crippen molar-refractivity contribution in [2.75, 3.05) is 0 Å². The zero-order valence-electron chi connectivity index (χ0n) is 27.3. The molecule has 0 radical (unpaired) electrons. The summed E-state index contributed by atoms with van der Waals surface area (Å²) in [5.74, 6) is 2.69. The van der Waals surface area contributed by atoms with Crippen LogP contribution in [-0.4, -0.2) is 35.0 Å². The van der Waals surface area contributed by atoms with Gasteiger partial charge in [-0.2, -0.15) is 0 Å². The van der Waals surface area contributed by atoms with Crippen LogP contribution in [0.1, 0.15) is 58.8 Å². The zero-order chi connectivity index (χ0) is 33.8. The molecule has 0 bridgehead atoms. The Bertz CT molecular complexity index is 2350. The van der Waals surface area contributed by atoms with Crippen molar-refractivity contribution in [3.8, 4) is 11.6 Å². The van der Waals surface area contributed by atoms with E-state index in [1.807, 2.05) is 49.0 Å². The van der Waals surface area contributed by atoms with E-state index in [9.17, 15) is 9.18 Å². The highest BCUT2D eigenvalue weighted by Gasteiger charge is 2.46. The molecule has 1 amide bonds. The summed E-state index contributed by atoms with van der Waals surface area (Å²) >= 11 is 0. The predicted molar refractivity (Wildman–Crippen MR) is 187 cm³/mol. The molecule has 0 unspecified atom stereocenters. The molecule has 0 aliphatic heterocycles. The number of carbonyl (C=O) groups excluding carboxylic acids is 1. The lowest BCUT2D eigenvalue weighted by molar-refractivity contribution is 0.0930. The first-order valence-electron chi connectivity index (χ1n) is 16.4. The van der Waals surface area contributed by atoms with Crippen LogP contribution in [0.15, 0.2) is 110 Å². The van der Waals surface area contributed by atoms with E-state index in [4.69, 9.17) is 5.73 Å². The van der Waals surface area contributed by atoms with Crippen LogP contribution in [-0.2, 0) is 11.1 Å². The molecule has 3 aromatic carbocycles. The predicted octanol–water partition coefficient (Wildman–Crippen LogP) is 6.96. The smallest absolute Gasteiger partial charge is 0.251 e. The van der Waals surface area contributed by atoms with Crippen molar-refractivity contribution in [1.29, 1.82) is 0 Å². The number of aromatic nitrogens is 6. The molecule has 4 heterocycles. The Morgan fingerprint density at radius 1 is 0.714 bits per heavy atom. The fourth-order valence-corrected chi connectivity index (χ4v) is 6.37. The third-order valence-corrected chi connectivity index (χ3v) is 9.52. The maximum Gasteiger partial charge on any atom is 0.251 e. The van der Waals surface area contributed by atoms with Crippen molar-refractivity contribution < 1.29 is 9.18 Å². The first kappa shape index (κ1) is 30.6. The van der Waals surface area contributed by atoms with Gasteiger partial charge in [0.2, 0.25) is 0 Å². The maximum atomic E-state index is 13.1. The highest BCUT2D eigenvalue weighted by molar-refractivity contribution is 5.95. The quantitative estimate of drug-likeness (QED) is 0.201. The molecule has 244 valence electrons. The van der Waals surface area contributed by atoms with E-state index >= 15 is 0 Å². The van der Waals surface area contributed by atoms with Crippen molar-refractivity contribution >= 4 is 27.7 Å². The molecule has 2 saturated carbocycles. The first-order valence-corrected chi connectivity index (χ1v) is 16.4. The number of amides is 1. The van der Waals surface area contributed by atoms with E-state index in [0.717, 1.165) is 71.0 Å². The van der Waals surface area contributed by atoms with Crippen LogP contribution in [0.5, 0.6) is 0 Å². The van der Waals surface area contributed by atoms with Gasteiger partial charge in [0.1, 0.15) is 29.1 Å². The minimum atomic E-state index is -0.354. The summed E-state index contributed by atoms with van der Waals surface area (Å²) in [6.07, 6.45) is 11.5. The lowest BCUT2D eigenvalue weighted by Gasteiger charge is -2.18. The van der Waals surface area contributed by atoms with Crippen LogP contribution in [0.2, 0.25) is 0 Å². The van der Waals surface area contributed by atoms with E-state index in [-0.39, 0.29) is 22.8 Å². The second kappa shape index (κ2) is 11.7. The number of aryl methyl sites for hydroxylation is 2. The average molecular weight is 651 g/mol. The average Bonchev–Trinajstić information content (AvgIpc) is 3.96. The Morgan fingerprint density at radius 2 is 1.24 bits per heavy atom. The fraction of sp³-hybridized carbons (Fsp3) is 0.205. The molecule has 49 heavy (non-hydrogen) atoms. The summed E-state index contributed by atoms with van der Waals surface area (Å²) in [6.45, 7) is 3.77. The lowest BCUT2D eigenvalue weighted by Crippen LogP contribution is -2.34. The van der Waals surface area contributed by atoms with Gasteiger partial charge in [0.05, 0.1) is 16.6 Å². The van der Waals surface area contributed by atoms with Crippen LogP contribution in [0.4, 0.5) is 4.39 Å². The van der Waals surface area contributed by atoms with Crippen LogP contribution < -0.4 is 11.1 Å². The molecule has 9 rings (SSSR count). The van der Waals surface area contributed by atoms with Crippen LogP contribution >= 0.6 is 0 Å². The summed E-state index contributed by atoms with van der Waals surface area (Å²) in [5, 5.41) is 5.43. The van der Waals surface area contributed by atoms with E-state index in [0.29, 0.717) is 5.56 Å². The fourth-order valence-electron chi connectivity index (χ4n) is 6.37. The number of hydrogen-bond donors (Lipinski definition) is 2. The Balaban J connectivity index is 0.000000152. The Morgan fingerprint density at radius 3 is 1.76 bits per heavy atom. The molecule has 3 N–H and O–H groups in total. The van der Waals surface area contributed by atoms with E-state index in [1.54, 1.807) is 12.4 Å². The van der Waals surface area contributed by atoms with Crippen molar-refractivity contribution in [3.05, 3.63) is 144 Å². The van der Waals surface area contributed by atoms with E-state index in [2.05, 4.69) is 72.3 Å². The zero-order valence-corrected chi connectivity index (χ0v) is 27.3. The van der Waals surface area contributed by atoms with Gasteiger partial charge in [0.15, 0.2) is 0 Å². The van der Waals surface area contributed by atoms with Gasteiger partial charge >= 0.3 is 0 Å². The van der Waals surface area contributed by atoms with Crippen molar-refractivity contribution in [2.45, 2.75) is 50.6 Å². The van der Waals surface area contributed by atoms with Gasteiger partial charge in [-0.15, -0.1) is 0 Å². The Hall–Kier alpha value is -5.74. The van der Waals surface area contributed by atoms with Crippen molar-refractivity contribution in [2.24, 2.45) is 5.73 Å². The minimum absolute atomic E-state index is 0.0816. The van der Waals surface area contributed by atoms with Gasteiger partial charge in [-0.25, -0.2) is 24.3 Å². The molecule has 7 aromatic rings. The number of hydrogen-bond acceptors (Lipinski definition) is 6. The minimum Gasteiger partial charge on any atom is -0.343 e. The third kappa shape index (κ3) is 5.95. The van der Waals surface area contributed by atoms with Crippen LogP contribution in [0, 0.1) is 19.7 Å². The number of nitrogens with zero attached hydrogens (tertiary/aromatic N) is 6. The highest BCUT2D eigenvalue weighted by atomic mass is 19.1. The molecule has 9 nitrogen and oxygen atoms in total. The van der Waals surface area contributed by atoms with Gasteiger partial charge in [-0.1, -0.05) is 12.1 Å². The first-order chi connectivity index (χ1) is 23.7. The normalized spacial score (nSPS) is 15.4. The molecule has 0 atom stereocenters. The Kier molecular flexibility index (Phi) is 7.33. The van der Waals surface area contributed by atoms with Crippen molar-refractivity contribution in [1.82, 2.24) is 34.4 Å². The number of halogens is 1. The topological polar surface area (TPSA) is 117 Å². The van der Waals surface area contributed by atoms with Gasteiger partial charge < -0.3 is 20.2 Å². The van der Waals surface area contributed by atoms with Crippen molar-refractivity contribution in [3.63, 3.8) is 0 Å². The number of benzene rings is 3. The SMILES string of the molecule is Cc1nccc(-n2ccc3cc(C4(N)CC4)ccc32)n1.Cc1nccc(-n2ccc3cc(C4(NC(=O)c5ccc(F)cc5)CC4)ccc32)n1. The van der Waals surface area contributed by atoms with Crippen LogP contribution in [0.3, 0.4) is 0 Å².